The molecule has 0 radical (unpaired) electrons. The van der Waals surface area contributed by atoms with Crippen LogP contribution >= 0.6 is 15.9 Å². The van der Waals surface area contributed by atoms with Gasteiger partial charge in [0.1, 0.15) is 12.3 Å². The minimum absolute atomic E-state index is 0.00690. The molecule has 0 fully saturated rings. The molecule has 0 aliphatic carbocycles. The van der Waals surface area contributed by atoms with Crippen molar-refractivity contribution >= 4 is 32.9 Å². The van der Waals surface area contributed by atoms with Crippen molar-refractivity contribution in [2.45, 2.75) is 32.5 Å². The molecule has 6 nitrogen and oxygen atoms in total. The number of rotatable bonds is 4. The van der Waals surface area contributed by atoms with Crippen LogP contribution in [0.3, 0.4) is 0 Å². The molecule has 1 aliphatic heterocycles. The van der Waals surface area contributed by atoms with Crippen molar-refractivity contribution in [3.05, 3.63) is 63.0 Å². The lowest BCUT2D eigenvalue weighted by atomic mass is 10.0. The number of amides is 1. The predicted octanol–water partition coefficient (Wildman–Crippen LogP) is 3.23. The summed E-state index contributed by atoms with van der Waals surface area (Å²) in [5.74, 6) is 0.600. The zero-order chi connectivity index (χ0) is 19.0. The highest BCUT2D eigenvalue weighted by Crippen LogP contribution is 2.34. The summed E-state index contributed by atoms with van der Waals surface area (Å²) in [5.41, 5.74) is 2.41. The third-order valence-corrected chi connectivity index (χ3v) is 5.38. The standard InChI is InChI=1S/C20H20BrN3O3/c1-2-23-16-5-3-4-6-17(16)24(20(23)26)12-19(25)22-15-9-10-27-18-8-7-13(21)11-14(15)18/h3-8,11,15H,2,9-10,12H2,1H3,(H,22,25). The van der Waals surface area contributed by atoms with E-state index in [4.69, 9.17) is 4.74 Å². The van der Waals surface area contributed by atoms with Crippen LogP contribution in [0, 0.1) is 0 Å². The number of benzene rings is 2. The molecule has 1 aromatic heterocycles. The van der Waals surface area contributed by atoms with Crippen LogP contribution < -0.4 is 15.7 Å². The van der Waals surface area contributed by atoms with Crippen LogP contribution in [0.15, 0.2) is 51.7 Å². The molecule has 0 spiro atoms. The van der Waals surface area contributed by atoms with Crippen molar-refractivity contribution < 1.29 is 9.53 Å². The van der Waals surface area contributed by atoms with Gasteiger partial charge in [0, 0.05) is 23.0 Å². The van der Waals surface area contributed by atoms with E-state index in [-0.39, 0.29) is 24.2 Å². The highest BCUT2D eigenvalue weighted by molar-refractivity contribution is 9.10. The number of imidazole rings is 1. The van der Waals surface area contributed by atoms with Gasteiger partial charge < -0.3 is 10.1 Å². The lowest BCUT2D eigenvalue weighted by molar-refractivity contribution is -0.122. The molecule has 1 unspecified atom stereocenters. The summed E-state index contributed by atoms with van der Waals surface area (Å²) in [6.45, 7) is 3.03. The maximum absolute atomic E-state index is 12.7. The molecule has 0 saturated heterocycles. The average molecular weight is 430 g/mol. The third kappa shape index (κ3) is 3.27. The molecular weight excluding hydrogens is 410 g/mol. The SMILES string of the molecule is CCn1c(=O)n(CC(=O)NC2CCOc3ccc(Br)cc32)c2ccccc21. The van der Waals surface area contributed by atoms with Gasteiger partial charge in [0.15, 0.2) is 0 Å². The van der Waals surface area contributed by atoms with E-state index in [1.165, 1.54) is 4.57 Å². The number of ether oxygens (including phenoxy) is 1. The molecule has 27 heavy (non-hydrogen) atoms. The van der Waals surface area contributed by atoms with E-state index >= 15 is 0 Å². The Hall–Kier alpha value is -2.54. The molecule has 0 saturated carbocycles. The number of carbonyl (C=O) groups is 1. The van der Waals surface area contributed by atoms with Gasteiger partial charge in [-0.2, -0.15) is 0 Å². The smallest absolute Gasteiger partial charge is 0.329 e. The number of nitrogens with one attached hydrogen (secondary N) is 1. The minimum atomic E-state index is -0.186. The Labute approximate surface area is 164 Å². The van der Waals surface area contributed by atoms with Crippen molar-refractivity contribution in [1.29, 1.82) is 0 Å². The number of aromatic nitrogens is 2. The lowest BCUT2D eigenvalue weighted by Crippen LogP contribution is -2.36. The first-order valence-corrected chi connectivity index (χ1v) is 9.77. The first-order valence-electron chi connectivity index (χ1n) is 8.98. The molecule has 1 N–H and O–H groups in total. The van der Waals surface area contributed by atoms with Gasteiger partial charge in [-0.05, 0) is 37.3 Å². The molecule has 2 heterocycles. The lowest BCUT2D eigenvalue weighted by Gasteiger charge is -2.27. The van der Waals surface area contributed by atoms with Crippen molar-refractivity contribution in [2.75, 3.05) is 6.61 Å². The van der Waals surface area contributed by atoms with Crippen LogP contribution in [0.25, 0.3) is 11.0 Å². The second-order valence-electron chi connectivity index (χ2n) is 6.54. The summed E-state index contributed by atoms with van der Waals surface area (Å²) in [6, 6.07) is 13.2. The van der Waals surface area contributed by atoms with E-state index in [0.29, 0.717) is 19.6 Å². The second-order valence-corrected chi connectivity index (χ2v) is 7.46. The zero-order valence-corrected chi connectivity index (χ0v) is 16.5. The van der Waals surface area contributed by atoms with Gasteiger partial charge in [-0.25, -0.2) is 4.79 Å². The molecule has 4 rings (SSSR count). The molecule has 1 atom stereocenters. The number of para-hydroxylation sites is 2. The Bertz CT molecular complexity index is 1070. The second kappa shape index (κ2) is 7.23. The predicted molar refractivity (Wildman–Crippen MR) is 107 cm³/mol. The third-order valence-electron chi connectivity index (χ3n) is 4.89. The largest absolute Gasteiger partial charge is 0.493 e. The Morgan fingerprint density at radius 1 is 1.22 bits per heavy atom. The van der Waals surface area contributed by atoms with Gasteiger partial charge in [0.2, 0.25) is 5.91 Å². The number of hydrogen-bond donors (Lipinski definition) is 1. The fraction of sp³-hybridized carbons (Fsp3) is 0.300. The number of carbonyl (C=O) groups excluding carboxylic acids is 1. The summed E-state index contributed by atoms with van der Waals surface area (Å²) < 4.78 is 9.83. The van der Waals surface area contributed by atoms with Crippen LogP contribution in [0.4, 0.5) is 0 Å². The Balaban J connectivity index is 1.60. The van der Waals surface area contributed by atoms with Crippen molar-refractivity contribution in [1.82, 2.24) is 14.5 Å². The molecule has 3 aromatic rings. The highest BCUT2D eigenvalue weighted by atomic mass is 79.9. The fourth-order valence-electron chi connectivity index (χ4n) is 3.63. The number of aryl methyl sites for hydroxylation is 1. The number of fused-ring (bicyclic) bond motifs is 2. The average Bonchev–Trinajstić information content (AvgIpc) is 2.93. The number of hydrogen-bond acceptors (Lipinski definition) is 3. The summed E-state index contributed by atoms with van der Waals surface area (Å²) in [4.78, 5) is 25.4. The van der Waals surface area contributed by atoms with Crippen LogP contribution in [0.5, 0.6) is 5.75 Å². The zero-order valence-electron chi connectivity index (χ0n) is 14.9. The fourth-order valence-corrected chi connectivity index (χ4v) is 4.01. The maximum atomic E-state index is 12.7. The van der Waals surface area contributed by atoms with E-state index in [1.807, 2.05) is 49.4 Å². The van der Waals surface area contributed by atoms with Crippen LogP contribution in [-0.2, 0) is 17.9 Å². The van der Waals surface area contributed by atoms with Crippen molar-refractivity contribution in [2.24, 2.45) is 0 Å². The van der Waals surface area contributed by atoms with Gasteiger partial charge in [-0.1, -0.05) is 28.1 Å². The normalized spacial score (nSPS) is 16.0. The molecule has 2 aromatic carbocycles. The quantitative estimate of drug-likeness (QED) is 0.692. The van der Waals surface area contributed by atoms with Crippen LogP contribution in [0.2, 0.25) is 0 Å². The summed E-state index contributed by atoms with van der Waals surface area (Å²) in [5, 5.41) is 3.06. The number of nitrogens with zero attached hydrogens (tertiary/aromatic N) is 2. The van der Waals surface area contributed by atoms with E-state index in [2.05, 4.69) is 21.2 Å². The van der Waals surface area contributed by atoms with Gasteiger partial charge in [-0.15, -0.1) is 0 Å². The summed E-state index contributed by atoms with van der Waals surface area (Å²) in [7, 11) is 0. The number of halogens is 1. The molecule has 1 aliphatic rings. The van der Waals surface area contributed by atoms with E-state index in [9.17, 15) is 9.59 Å². The molecular formula is C20H20BrN3O3. The maximum Gasteiger partial charge on any atom is 0.329 e. The van der Waals surface area contributed by atoms with Gasteiger partial charge >= 0.3 is 5.69 Å². The monoisotopic (exact) mass is 429 g/mol. The van der Waals surface area contributed by atoms with E-state index < -0.39 is 0 Å². The first-order chi connectivity index (χ1) is 13.1. The Morgan fingerprint density at radius 3 is 2.70 bits per heavy atom. The molecule has 7 heteroatoms. The highest BCUT2D eigenvalue weighted by Gasteiger charge is 2.24. The summed E-state index contributed by atoms with van der Waals surface area (Å²) >= 11 is 3.47. The molecule has 1 amide bonds. The Kier molecular flexibility index (Phi) is 4.78. The van der Waals surface area contributed by atoms with Crippen molar-refractivity contribution in [3.63, 3.8) is 0 Å². The first kappa shape index (κ1) is 17.9. The van der Waals surface area contributed by atoms with Crippen LogP contribution in [-0.4, -0.2) is 21.6 Å². The molecule has 140 valence electrons. The van der Waals surface area contributed by atoms with Gasteiger partial charge in [-0.3, -0.25) is 13.9 Å². The molecule has 0 bridgehead atoms. The van der Waals surface area contributed by atoms with E-state index in [1.54, 1.807) is 4.57 Å². The summed E-state index contributed by atoms with van der Waals surface area (Å²) in [6.07, 6.45) is 0.695. The topological polar surface area (TPSA) is 65.3 Å². The Morgan fingerprint density at radius 2 is 1.96 bits per heavy atom. The van der Waals surface area contributed by atoms with Gasteiger partial charge in [0.25, 0.3) is 0 Å². The van der Waals surface area contributed by atoms with Crippen LogP contribution in [0.1, 0.15) is 24.9 Å². The minimum Gasteiger partial charge on any atom is -0.493 e. The van der Waals surface area contributed by atoms with Crippen molar-refractivity contribution in [3.8, 4) is 5.75 Å². The van der Waals surface area contributed by atoms with E-state index in [0.717, 1.165) is 26.8 Å². The van der Waals surface area contributed by atoms with Gasteiger partial charge in [0.05, 0.1) is 23.7 Å².